The molecule has 0 heterocycles. The molecule has 1 aromatic rings. The molecule has 25 heavy (non-hydrogen) atoms. The van der Waals surface area contributed by atoms with Crippen molar-refractivity contribution in [3.63, 3.8) is 0 Å². The number of benzene rings is 1. The van der Waals surface area contributed by atoms with Gasteiger partial charge in [0, 0.05) is 12.5 Å². The third kappa shape index (κ3) is 6.35. The number of ether oxygens (including phenoxy) is 1. The minimum atomic E-state index is -0.914. The Morgan fingerprint density at radius 2 is 2.04 bits per heavy atom. The Labute approximate surface area is 151 Å². The van der Waals surface area contributed by atoms with Crippen LogP contribution < -0.4 is 5.32 Å². The molecule has 0 aliphatic heterocycles. The maximum absolute atomic E-state index is 12.4. The van der Waals surface area contributed by atoms with Gasteiger partial charge < -0.3 is 20.3 Å². The fraction of sp³-hybridized carbons (Fsp3) is 0.222. The normalized spacial score (nSPS) is 12.2. The largest absolute Gasteiger partial charge is 0.507 e. The van der Waals surface area contributed by atoms with E-state index < -0.39 is 11.9 Å². The molecule has 0 saturated carbocycles. The van der Waals surface area contributed by atoms with Gasteiger partial charge in [0.15, 0.2) is 0 Å². The summed E-state index contributed by atoms with van der Waals surface area (Å²) >= 11 is 6.07. The molecule has 1 amide bonds. The second-order valence-corrected chi connectivity index (χ2v) is 5.53. The number of carbonyl (C=O) groups is 2. The second-order valence-electron chi connectivity index (χ2n) is 5.12. The molecule has 0 unspecified atom stereocenters. The third-order valence-corrected chi connectivity index (χ3v) is 3.62. The number of amides is 1. The van der Waals surface area contributed by atoms with Crippen LogP contribution in [0.4, 0.5) is 5.69 Å². The number of methoxy groups -OCH3 is 1. The molecule has 0 radical (unpaired) electrons. The van der Waals surface area contributed by atoms with E-state index in [4.69, 9.17) is 21.4 Å². The van der Waals surface area contributed by atoms with Gasteiger partial charge in [-0.2, -0.15) is 0 Å². The molecular weight excluding hydrogens is 346 g/mol. The zero-order valence-corrected chi connectivity index (χ0v) is 14.8. The first-order valence-corrected chi connectivity index (χ1v) is 7.75. The third-order valence-electron chi connectivity index (χ3n) is 3.29. The maximum Gasteiger partial charge on any atom is 0.303 e. The van der Waals surface area contributed by atoms with Crippen molar-refractivity contribution >= 4 is 29.2 Å². The highest BCUT2D eigenvalue weighted by atomic mass is 35.5. The number of anilines is 1. The average molecular weight is 366 g/mol. The number of hydrogen-bond acceptors (Lipinski definition) is 4. The number of aliphatic hydroxyl groups is 1. The molecular formula is C18H20ClNO5. The summed E-state index contributed by atoms with van der Waals surface area (Å²) in [6, 6.07) is 4.85. The van der Waals surface area contributed by atoms with E-state index in [2.05, 4.69) is 11.9 Å². The summed E-state index contributed by atoms with van der Waals surface area (Å²) in [6.45, 7) is 5.14. The Balaban J connectivity index is 3.05. The van der Waals surface area contributed by atoms with Crippen LogP contribution in [0.2, 0.25) is 5.02 Å². The molecule has 0 atom stereocenters. The van der Waals surface area contributed by atoms with Gasteiger partial charge in [0.25, 0.3) is 5.91 Å². The molecule has 7 heteroatoms. The van der Waals surface area contributed by atoms with Gasteiger partial charge in [-0.05, 0) is 31.0 Å². The van der Waals surface area contributed by atoms with Crippen LogP contribution in [0.3, 0.4) is 0 Å². The summed E-state index contributed by atoms with van der Waals surface area (Å²) in [4.78, 5) is 23.0. The SMILES string of the molecule is C=C/C(C(=O)Nc1cc(CCC(=O)O)ccc1Cl)=C(O)\C=C(/C)OC. The van der Waals surface area contributed by atoms with Crippen LogP contribution in [0.15, 0.2) is 54.0 Å². The lowest BCUT2D eigenvalue weighted by Crippen LogP contribution is -2.15. The Morgan fingerprint density at radius 3 is 2.60 bits per heavy atom. The number of aliphatic hydroxyl groups excluding tert-OH is 1. The van der Waals surface area contributed by atoms with Crippen LogP contribution in [-0.4, -0.2) is 29.2 Å². The summed E-state index contributed by atoms with van der Waals surface area (Å²) in [5.41, 5.74) is 0.975. The predicted octanol–water partition coefficient (Wildman–Crippen LogP) is 3.84. The first-order valence-electron chi connectivity index (χ1n) is 7.38. The summed E-state index contributed by atoms with van der Waals surface area (Å²) in [7, 11) is 1.44. The molecule has 1 aromatic carbocycles. The number of hydrogen-bond donors (Lipinski definition) is 3. The highest BCUT2D eigenvalue weighted by Crippen LogP contribution is 2.24. The summed E-state index contributed by atoms with van der Waals surface area (Å²) in [5.74, 6) is -1.41. The van der Waals surface area contributed by atoms with Crippen LogP contribution >= 0.6 is 11.6 Å². The van der Waals surface area contributed by atoms with Crippen LogP contribution in [-0.2, 0) is 20.7 Å². The van der Waals surface area contributed by atoms with Gasteiger partial charge in [-0.1, -0.05) is 30.3 Å². The predicted molar refractivity (Wildman–Crippen MR) is 96.7 cm³/mol. The van der Waals surface area contributed by atoms with E-state index in [-0.39, 0.29) is 17.8 Å². The van der Waals surface area contributed by atoms with Gasteiger partial charge >= 0.3 is 5.97 Å². The number of carbonyl (C=O) groups excluding carboxylic acids is 1. The molecule has 0 aliphatic rings. The standard InChI is InChI=1S/C18H20ClNO5/c1-4-13(16(21)9-11(2)25-3)18(24)20-15-10-12(5-7-14(15)19)6-8-17(22)23/h4-5,7,9-10,21H,1,6,8H2,2-3H3,(H,20,24)(H,22,23)/b11-9+,16-13-. The lowest BCUT2D eigenvalue weighted by Gasteiger charge is -2.11. The van der Waals surface area contributed by atoms with E-state index in [0.717, 1.165) is 0 Å². The van der Waals surface area contributed by atoms with Gasteiger partial charge in [0.05, 0.1) is 29.2 Å². The second kappa shape index (κ2) is 9.54. The molecule has 0 aliphatic carbocycles. The Morgan fingerprint density at radius 1 is 1.36 bits per heavy atom. The van der Waals surface area contributed by atoms with Gasteiger partial charge in [0.2, 0.25) is 0 Å². The van der Waals surface area contributed by atoms with E-state index >= 15 is 0 Å². The van der Waals surface area contributed by atoms with Crippen molar-refractivity contribution in [2.24, 2.45) is 0 Å². The molecule has 134 valence electrons. The van der Waals surface area contributed by atoms with Crippen molar-refractivity contribution in [2.75, 3.05) is 12.4 Å². The first kappa shape index (κ1) is 20.3. The number of nitrogens with one attached hydrogen (secondary N) is 1. The van der Waals surface area contributed by atoms with E-state index in [1.807, 2.05) is 0 Å². The maximum atomic E-state index is 12.4. The van der Waals surface area contributed by atoms with E-state index in [1.165, 1.54) is 19.3 Å². The number of aryl methyl sites for hydroxylation is 1. The fourth-order valence-electron chi connectivity index (χ4n) is 1.91. The Kier molecular flexibility index (Phi) is 7.75. The van der Waals surface area contributed by atoms with Crippen molar-refractivity contribution in [1.82, 2.24) is 0 Å². The van der Waals surface area contributed by atoms with E-state index in [9.17, 15) is 14.7 Å². The fourth-order valence-corrected chi connectivity index (χ4v) is 2.07. The molecule has 3 N–H and O–H groups in total. The van der Waals surface area contributed by atoms with Crippen molar-refractivity contribution in [3.05, 3.63) is 64.6 Å². The molecule has 0 fully saturated rings. The lowest BCUT2D eigenvalue weighted by atomic mass is 10.1. The summed E-state index contributed by atoms with van der Waals surface area (Å²) < 4.78 is 4.93. The number of aliphatic carboxylic acids is 1. The summed E-state index contributed by atoms with van der Waals surface area (Å²) in [5, 5.41) is 21.6. The highest BCUT2D eigenvalue weighted by molar-refractivity contribution is 6.34. The van der Waals surface area contributed by atoms with E-state index in [1.54, 1.807) is 25.1 Å². The minimum absolute atomic E-state index is 0.0330. The molecule has 6 nitrogen and oxygen atoms in total. The first-order chi connectivity index (χ1) is 11.8. The molecule has 1 rings (SSSR count). The van der Waals surface area contributed by atoms with Crippen molar-refractivity contribution in [1.29, 1.82) is 0 Å². The molecule has 0 aromatic heterocycles. The van der Waals surface area contributed by atoms with Crippen molar-refractivity contribution in [3.8, 4) is 0 Å². The van der Waals surface area contributed by atoms with Gasteiger partial charge in [0.1, 0.15) is 5.76 Å². The monoisotopic (exact) mass is 365 g/mol. The van der Waals surface area contributed by atoms with Crippen LogP contribution in [0.25, 0.3) is 0 Å². The summed E-state index contributed by atoms with van der Waals surface area (Å²) in [6.07, 6.45) is 2.78. The topological polar surface area (TPSA) is 95.9 Å². The quantitative estimate of drug-likeness (QED) is 0.369. The number of halogens is 1. The number of carboxylic acid groups (broad SMARTS) is 1. The molecule has 0 saturated heterocycles. The highest BCUT2D eigenvalue weighted by Gasteiger charge is 2.14. The van der Waals surface area contributed by atoms with Crippen LogP contribution in [0.5, 0.6) is 0 Å². The molecule has 0 spiro atoms. The zero-order valence-electron chi connectivity index (χ0n) is 14.0. The Hall–Kier alpha value is -2.73. The van der Waals surface area contributed by atoms with Crippen molar-refractivity contribution in [2.45, 2.75) is 19.8 Å². The van der Waals surface area contributed by atoms with Crippen LogP contribution in [0, 0.1) is 0 Å². The number of rotatable bonds is 8. The Bertz CT molecular complexity index is 737. The van der Waals surface area contributed by atoms with E-state index in [0.29, 0.717) is 28.5 Å². The van der Waals surface area contributed by atoms with Gasteiger partial charge in [-0.15, -0.1) is 0 Å². The molecule has 0 bridgehead atoms. The lowest BCUT2D eigenvalue weighted by molar-refractivity contribution is -0.137. The van der Waals surface area contributed by atoms with Crippen LogP contribution in [0.1, 0.15) is 18.9 Å². The minimum Gasteiger partial charge on any atom is -0.507 e. The average Bonchev–Trinajstić information content (AvgIpc) is 2.55. The number of allylic oxidation sites excluding steroid dienone is 2. The van der Waals surface area contributed by atoms with Gasteiger partial charge in [-0.25, -0.2) is 0 Å². The van der Waals surface area contributed by atoms with Crippen molar-refractivity contribution < 1.29 is 24.5 Å². The zero-order chi connectivity index (χ0) is 19.0. The number of carboxylic acids is 1. The van der Waals surface area contributed by atoms with Gasteiger partial charge in [-0.3, -0.25) is 9.59 Å². The smallest absolute Gasteiger partial charge is 0.303 e.